The molecular weight excluding hydrogens is 338 g/mol. The van der Waals surface area contributed by atoms with Crippen molar-refractivity contribution >= 4 is 5.91 Å². The second-order valence-electron chi connectivity index (χ2n) is 9.59. The Morgan fingerprint density at radius 2 is 1.70 bits per heavy atom. The summed E-state index contributed by atoms with van der Waals surface area (Å²) in [5.41, 5.74) is 0.0362. The fourth-order valence-corrected chi connectivity index (χ4v) is 5.80. The van der Waals surface area contributed by atoms with Crippen LogP contribution in [0.2, 0.25) is 0 Å². The van der Waals surface area contributed by atoms with E-state index < -0.39 is 0 Å². The van der Waals surface area contributed by atoms with Crippen molar-refractivity contribution in [3.8, 4) is 0 Å². The number of piperazine rings is 1. The minimum absolute atomic E-state index is 0.0362. The third-order valence-corrected chi connectivity index (χ3v) is 7.79. The van der Waals surface area contributed by atoms with Gasteiger partial charge in [-0.05, 0) is 45.1 Å². The fraction of sp³-hybridized carbons (Fsp3) is 0.955. The van der Waals surface area contributed by atoms with Crippen molar-refractivity contribution in [1.29, 1.82) is 0 Å². The van der Waals surface area contributed by atoms with E-state index in [0.717, 1.165) is 51.3 Å². The third kappa shape index (κ3) is 4.86. The topological polar surface area (TPSA) is 36.0 Å². The minimum atomic E-state index is 0.0362. The molecule has 5 nitrogen and oxygen atoms in total. The standard InChI is InChI=1S/C22H39N3O2/c1-23-13-15-24(16-14-23)20-8-17-27-22(18-20)9-11-25(12-10-22)21(26)7-6-19-4-2-3-5-19/h19-20H,2-18H2,1H3. The number of likely N-dealkylation sites (tertiary alicyclic amines) is 1. The fourth-order valence-electron chi connectivity index (χ4n) is 5.80. The number of piperidine rings is 1. The molecule has 3 aliphatic heterocycles. The van der Waals surface area contributed by atoms with Gasteiger partial charge < -0.3 is 14.5 Å². The van der Waals surface area contributed by atoms with Gasteiger partial charge in [-0.15, -0.1) is 0 Å². The summed E-state index contributed by atoms with van der Waals surface area (Å²) < 4.78 is 6.34. The summed E-state index contributed by atoms with van der Waals surface area (Å²) in [7, 11) is 2.22. The van der Waals surface area contributed by atoms with E-state index in [9.17, 15) is 4.79 Å². The van der Waals surface area contributed by atoms with Gasteiger partial charge in [-0.3, -0.25) is 9.69 Å². The molecule has 1 aliphatic carbocycles. The van der Waals surface area contributed by atoms with E-state index in [1.54, 1.807) is 0 Å². The first-order valence-electron chi connectivity index (χ1n) is 11.5. The van der Waals surface area contributed by atoms with Crippen LogP contribution in [-0.4, -0.2) is 85.2 Å². The van der Waals surface area contributed by atoms with E-state index in [4.69, 9.17) is 4.74 Å². The molecule has 3 heterocycles. The van der Waals surface area contributed by atoms with Crippen LogP contribution in [0, 0.1) is 5.92 Å². The Bertz CT molecular complexity index is 490. The number of hydrogen-bond donors (Lipinski definition) is 0. The maximum absolute atomic E-state index is 12.6. The molecule has 3 saturated heterocycles. The molecule has 0 radical (unpaired) electrons. The number of hydrogen-bond acceptors (Lipinski definition) is 4. The Balaban J connectivity index is 1.24. The highest BCUT2D eigenvalue weighted by atomic mass is 16.5. The summed E-state index contributed by atoms with van der Waals surface area (Å²) in [6, 6.07) is 0.678. The third-order valence-electron chi connectivity index (χ3n) is 7.79. The van der Waals surface area contributed by atoms with Crippen LogP contribution >= 0.6 is 0 Å². The summed E-state index contributed by atoms with van der Waals surface area (Å²) in [5, 5.41) is 0. The molecular formula is C22H39N3O2. The number of nitrogens with zero attached hydrogens (tertiary/aromatic N) is 3. The first-order chi connectivity index (χ1) is 13.1. The Hall–Kier alpha value is -0.650. The van der Waals surface area contributed by atoms with Crippen LogP contribution < -0.4 is 0 Å². The Kier molecular flexibility index (Phi) is 6.40. The summed E-state index contributed by atoms with van der Waals surface area (Å²) in [6.07, 6.45) is 11.7. The van der Waals surface area contributed by atoms with E-state index in [1.165, 1.54) is 64.7 Å². The molecule has 0 aromatic heterocycles. The number of rotatable bonds is 4. The molecule has 1 unspecified atom stereocenters. The highest BCUT2D eigenvalue weighted by Gasteiger charge is 2.42. The van der Waals surface area contributed by atoms with Crippen molar-refractivity contribution in [2.24, 2.45) is 5.92 Å². The molecule has 1 atom stereocenters. The van der Waals surface area contributed by atoms with Crippen molar-refractivity contribution in [2.45, 2.75) is 75.9 Å². The molecule has 0 aromatic rings. The average Bonchev–Trinajstić information content (AvgIpc) is 3.21. The molecule has 4 fully saturated rings. The molecule has 5 heteroatoms. The second-order valence-corrected chi connectivity index (χ2v) is 9.59. The van der Waals surface area contributed by atoms with E-state index in [2.05, 4.69) is 21.7 Å². The van der Waals surface area contributed by atoms with Crippen molar-refractivity contribution in [3.63, 3.8) is 0 Å². The summed E-state index contributed by atoms with van der Waals surface area (Å²) in [4.78, 5) is 19.9. The molecule has 0 bridgehead atoms. The number of amides is 1. The molecule has 154 valence electrons. The largest absolute Gasteiger partial charge is 0.375 e. The molecule has 0 aromatic carbocycles. The van der Waals surface area contributed by atoms with Gasteiger partial charge in [0.1, 0.15) is 0 Å². The summed E-state index contributed by atoms with van der Waals surface area (Å²) in [6.45, 7) is 7.47. The van der Waals surface area contributed by atoms with Crippen LogP contribution in [0.5, 0.6) is 0 Å². The van der Waals surface area contributed by atoms with Crippen LogP contribution in [0.3, 0.4) is 0 Å². The Labute approximate surface area is 165 Å². The van der Waals surface area contributed by atoms with Crippen LogP contribution in [0.1, 0.15) is 64.2 Å². The number of carbonyl (C=O) groups is 1. The van der Waals surface area contributed by atoms with E-state index in [-0.39, 0.29) is 5.60 Å². The average molecular weight is 378 g/mol. The van der Waals surface area contributed by atoms with Crippen molar-refractivity contribution in [2.75, 3.05) is 52.9 Å². The van der Waals surface area contributed by atoms with Gasteiger partial charge in [0.15, 0.2) is 0 Å². The lowest BCUT2D eigenvalue weighted by atomic mass is 9.81. The van der Waals surface area contributed by atoms with Gasteiger partial charge in [0.2, 0.25) is 5.91 Å². The van der Waals surface area contributed by atoms with Crippen molar-refractivity contribution < 1.29 is 9.53 Å². The quantitative estimate of drug-likeness (QED) is 0.755. The van der Waals surface area contributed by atoms with Crippen LogP contribution in [0.25, 0.3) is 0 Å². The lowest BCUT2D eigenvalue weighted by Crippen LogP contribution is -2.57. The van der Waals surface area contributed by atoms with Gasteiger partial charge in [0.05, 0.1) is 5.60 Å². The van der Waals surface area contributed by atoms with Crippen molar-refractivity contribution in [1.82, 2.24) is 14.7 Å². The predicted molar refractivity (Wildman–Crippen MR) is 108 cm³/mol. The lowest BCUT2D eigenvalue weighted by molar-refractivity contribution is -0.150. The number of carbonyl (C=O) groups excluding carboxylic acids is 1. The first-order valence-corrected chi connectivity index (χ1v) is 11.5. The predicted octanol–water partition coefficient (Wildman–Crippen LogP) is 2.74. The van der Waals surface area contributed by atoms with Crippen molar-refractivity contribution in [3.05, 3.63) is 0 Å². The van der Waals surface area contributed by atoms with E-state index in [0.29, 0.717) is 11.9 Å². The summed E-state index contributed by atoms with van der Waals surface area (Å²) >= 11 is 0. The second kappa shape index (κ2) is 8.79. The normalized spacial score (nSPS) is 30.9. The van der Waals surface area contributed by atoms with Gasteiger partial charge in [0, 0.05) is 58.3 Å². The zero-order valence-corrected chi connectivity index (χ0v) is 17.3. The smallest absolute Gasteiger partial charge is 0.222 e. The molecule has 4 aliphatic rings. The molecule has 1 saturated carbocycles. The first kappa shape index (κ1) is 19.7. The zero-order chi connectivity index (χ0) is 18.7. The van der Waals surface area contributed by atoms with Crippen LogP contribution in [0.15, 0.2) is 0 Å². The minimum Gasteiger partial charge on any atom is -0.375 e. The highest BCUT2D eigenvalue weighted by molar-refractivity contribution is 5.76. The molecule has 0 N–H and O–H groups in total. The SMILES string of the molecule is CN1CCN(C2CCOC3(CCN(C(=O)CCC4CCCC4)CC3)C2)CC1. The zero-order valence-electron chi connectivity index (χ0n) is 17.3. The van der Waals surface area contributed by atoms with Gasteiger partial charge in [-0.1, -0.05) is 25.7 Å². The van der Waals surface area contributed by atoms with Gasteiger partial charge >= 0.3 is 0 Å². The maximum atomic E-state index is 12.6. The van der Waals surface area contributed by atoms with Gasteiger partial charge in [-0.2, -0.15) is 0 Å². The summed E-state index contributed by atoms with van der Waals surface area (Å²) in [5.74, 6) is 1.21. The lowest BCUT2D eigenvalue weighted by Gasteiger charge is -2.49. The molecule has 1 spiro atoms. The monoisotopic (exact) mass is 377 g/mol. The number of likely N-dealkylation sites (N-methyl/N-ethyl adjacent to an activating group) is 1. The Morgan fingerprint density at radius 1 is 1.00 bits per heavy atom. The maximum Gasteiger partial charge on any atom is 0.222 e. The molecule has 1 amide bonds. The van der Waals surface area contributed by atoms with Crippen LogP contribution in [0.4, 0.5) is 0 Å². The van der Waals surface area contributed by atoms with Gasteiger partial charge in [-0.25, -0.2) is 0 Å². The Morgan fingerprint density at radius 3 is 2.41 bits per heavy atom. The van der Waals surface area contributed by atoms with Gasteiger partial charge in [0.25, 0.3) is 0 Å². The number of ether oxygens (including phenoxy) is 1. The van der Waals surface area contributed by atoms with Crippen LogP contribution in [-0.2, 0) is 9.53 Å². The van der Waals surface area contributed by atoms with E-state index >= 15 is 0 Å². The highest BCUT2D eigenvalue weighted by Crippen LogP contribution is 2.37. The molecule has 4 rings (SSSR count). The molecule has 27 heavy (non-hydrogen) atoms. The van der Waals surface area contributed by atoms with E-state index in [1.807, 2.05) is 0 Å².